The Bertz CT molecular complexity index is 495. The Labute approximate surface area is 96.9 Å². The van der Waals surface area contributed by atoms with Crippen molar-refractivity contribution in [3.63, 3.8) is 0 Å². The normalized spacial score (nSPS) is 10.1. The van der Waals surface area contributed by atoms with Gasteiger partial charge in [-0.3, -0.25) is 4.79 Å². The summed E-state index contributed by atoms with van der Waals surface area (Å²) in [4.78, 5) is 14.0. The predicted molar refractivity (Wildman–Crippen MR) is 63.5 cm³/mol. The van der Waals surface area contributed by atoms with Gasteiger partial charge in [-0.15, -0.1) is 11.3 Å². The summed E-state index contributed by atoms with van der Waals surface area (Å²) in [5.41, 5.74) is 0.554. The summed E-state index contributed by atoms with van der Waals surface area (Å²) in [5.74, 6) is -0.469. The van der Waals surface area contributed by atoms with Gasteiger partial charge >= 0.3 is 0 Å². The zero-order chi connectivity index (χ0) is 11.5. The number of benzene rings is 1. The van der Waals surface area contributed by atoms with E-state index in [9.17, 15) is 9.18 Å². The van der Waals surface area contributed by atoms with E-state index in [0.29, 0.717) is 10.6 Å². The van der Waals surface area contributed by atoms with Gasteiger partial charge in [0.25, 0.3) is 5.91 Å². The second-order valence-electron chi connectivity index (χ2n) is 3.32. The fourth-order valence-electron chi connectivity index (χ4n) is 1.37. The first-order valence-electron chi connectivity index (χ1n) is 4.75. The minimum Gasteiger partial charge on any atom is -0.311 e. The summed E-state index contributed by atoms with van der Waals surface area (Å²) < 4.78 is 13.0. The molecule has 0 bridgehead atoms. The van der Waals surface area contributed by atoms with Crippen LogP contribution in [-0.4, -0.2) is 13.0 Å². The molecule has 1 aromatic carbocycles. The second-order valence-corrected chi connectivity index (χ2v) is 4.27. The number of carbonyl (C=O) groups is 1. The highest BCUT2D eigenvalue weighted by molar-refractivity contribution is 7.12. The summed E-state index contributed by atoms with van der Waals surface area (Å²) in [5, 5.41) is 1.84. The van der Waals surface area contributed by atoms with Crippen LogP contribution in [0.3, 0.4) is 0 Å². The second kappa shape index (κ2) is 4.45. The number of carbonyl (C=O) groups excluding carboxylic acids is 1. The van der Waals surface area contributed by atoms with Gasteiger partial charge in [0.05, 0.1) is 4.88 Å². The maximum atomic E-state index is 13.0. The van der Waals surface area contributed by atoms with Crippen molar-refractivity contribution in [1.82, 2.24) is 0 Å². The lowest BCUT2D eigenvalue weighted by Gasteiger charge is -2.16. The van der Waals surface area contributed by atoms with Crippen LogP contribution in [0.2, 0.25) is 0 Å². The molecule has 0 radical (unpaired) electrons. The van der Waals surface area contributed by atoms with Gasteiger partial charge in [0.1, 0.15) is 5.82 Å². The van der Waals surface area contributed by atoms with Crippen molar-refractivity contribution in [3.05, 3.63) is 52.5 Å². The Morgan fingerprint density at radius 1 is 1.31 bits per heavy atom. The molecule has 2 aromatic rings. The van der Waals surface area contributed by atoms with Gasteiger partial charge < -0.3 is 4.90 Å². The Hall–Kier alpha value is -1.68. The van der Waals surface area contributed by atoms with Crippen molar-refractivity contribution < 1.29 is 9.18 Å². The van der Waals surface area contributed by atoms with Crippen LogP contribution >= 0.6 is 11.3 Å². The van der Waals surface area contributed by atoms with Gasteiger partial charge in [0.15, 0.2) is 0 Å². The van der Waals surface area contributed by atoms with Gasteiger partial charge in [-0.1, -0.05) is 12.1 Å². The summed E-state index contributed by atoms with van der Waals surface area (Å²) in [6, 6.07) is 9.55. The highest BCUT2D eigenvalue weighted by Gasteiger charge is 2.14. The molecular formula is C12H10FNOS. The molecule has 0 unspecified atom stereocenters. The number of thiophene rings is 1. The van der Waals surface area contributed by atoms with E-state index in [-0.39, 0.29) is 11.7 Å². The average molecular weight is 235 g/mol. The minimum absolute atomic E-state index is 0.124. The molecule has 0 saturated carbocycles. The van der Waals surface area contributed by atoms with Crippen molar-refractivity contribution in [2.75, 3.05) is 11.9 Å². The van der Waals surface area contributed by atoms with Crippen molar-refractivity contribution in [1.29, 1.82) is 0 Å². The predicted octanol–water partition coefficient (Wildman–Crippen LogP) is 3.16. The van der Waals surface area contributed by atoms with E-state index in [1.54, 1.807) is 25.2 Å². The van der Waals surface area contributed by atoms with E-state index in [4.69, 9.17) is 0 Å². The van der Waals surface area contributed by atoms with Gasteiger partial charge in [-0.05, 0) is 29.6 Å². The van der Waals surface area contributed by atoms with Crippen molar-refractivity contribution in [2.24, 2.45) is 0 Å². The SMILES string of the molecule is CN(C(=O)c1cccs1)c1cccc(F)c1. The zero-order valence-corrected chi connectivity index (χ0v) is 9.50. The summed E-state index contributed by atoms with van der Waals surface area (Å²) in [6.07, 6.45) is 0. The van der Waals surface area contributed by atoms with Crippen LogP contribution in [-0.2, 0) is 0 Å². The minimum atomic E-state index is -0.344. The Kier molecular flexibility index (Phi) is 3.01. The highest BCUT2D eigenvalue weighted by atomic mass is 32.1. The van der Waals surface area contributed by atoms with Crippen LogP contribution in [0, 0.1) is 5.82 Å². The molecule has 0 atom stereocenters. The lowest BCUT2D eigenvalue weighted by atomic mass is 10.3. The number of nitrogens with zero attached hydrogens (tertiary/aromatic N) is 1. The maximum Gasteiger partial charge on any atom is 0.268 e. The molecule has 4 heteroatoms. The first-order chi connectivity index (χ1) is 7.68. The van der Waals surface area contributed by atoms with Crippen LogP contribution in [0.15, 0.2) is 41.8 Å². The molecular weight excluding hydrogens is 225 g/mol. The molecule has 1 heterocycles. The molecule has 1 aromatic heterocycles. The van der Waals surface area contributed by atoms with E-state index >= 15 is 0 Å². The quantitative estimate of drug-likeness (QED) is 0.783. The number of hydrogen-bond acceptors (Lipinski definition) is 2. The Morgan fingerprint density at radius 3 is 2.75 bits per heavy atom. The standard InChI is InChI=1S/C12H10FNOS/c1-14(10-5-2-4-9(13)8-10)12(15)11-6-3-7-16-11/h2-8H,1H3. The first-order valence-corrected chi connectivity index (χ1v) is 5.63. The van der Waals surface area contributed by atoms with Crippen molar-refractivity contribution in [3.8, 4) is 0 Å². The van der Waals surface area contributed by atoms with Crippen LogP contribution in [0.5, 0.6) is 0 Å². The largest absolute Gasteiger partial charge is 0.311 e. The highest BCUT2D eigenvalue weighted by Crippen LogP contribution is 2.18. The third kappa shape index (κ3) is 2.12. The van der Waals surface area contributed by atoms with Gasteiger partial charge in [-0.2, -0.15) is 0 Å². The molecule has 0 spiro atoms. The van der Waals surface area contributed by atoms with E-state index in [1.165, 1.54) is 28.4 Å². The summed E-state index contributed by atoms with van der Waals surface area (Å²) in [6.45, 7) is 0. The number of halogens is 1. The van der Waals surface area contributed by atoms with Crippen LogP contribution < -0.4 is 4.90 Å². The summed E-state index contributed by atoms with van der Waals surface area (Å²) >= 11 is 1.37. The molecule has 0 N–H and O–H groups in total. The van der Waals surface area contributed by atoms with Crippen LogP contribution in [0.1, 0.15) is 9.67 Å². The lowest BCUT2D eigenvalue weighted by Crippen LogP contribution is -2.25. The van der Waals surface area contributed by atoms with E-state index in [0.717, 1.165) is 0 Å². The van der Waals surface area contributed by atoms with E-state index in [1.807, 2.05) is 11.4 Å². The molecule has 0 aliphatic heterocycles. The van der Waals surface area contributed by atoms with E-state index < -0.39 is 0 Å². The lowest BCUT2D eigenvalue weighted by molar-refractivity contribution is 0.0997. The molecule has 0 aliphatic carbocycles. The van der Waals surface area contributed by atoms with Gasteiger partial charge in [0.2, 0.25) is 0 Å². The molecule has 0 aliphatic rings. The van der Waals surface area contributed by atoms with Crippen molar-refractivity contribution >= 4 is 22.9 Å². The first kappa shape index (κ1) is 10.8. The van der Waals surface area contributed by atoms with E-state index in [2.05, 4.69) is 0 Å². The molecule has 82 valence electrons. The molecule has 0 fully saturated rings. The molecule has 16 heavy (non-hydrogen) atoms. The third-order valence-electron chi connectivity index (χ3n) is 2.23. The topological polar surface area (TPSA) is 20.3 Å². The van der Waals surface area contributed by atoms with Crippen molar-refractivity contribution in [2.45, 2.75) is 0 Å². The Morgan fingerprint density at radius 2 is 2.12 bits per heavy atom. The molecule has 1 amide bonds. The summed E-state index contributed by atoms with van der Waals surface area (Å²) in [7, 11) is 1.64. The number of rotatable bonds is 2. The average Bonchev–Trinajstić information content (AvgIpc) is 2.80. The number of anilines is 1. The third-order valence-corrected chi connectivity index (χ3v) is 3.09. The van der Waals surface area contributed by atoms with Gasteiger partial charge in [0, 0.05) is 12.7 Å². The molecule has 0 saturated heterocycles. The number of hydrogen-bond donors (Lipinski definition) is 0. The van der Waals surface area contributed by atoms with Crippen LogP contribution in [0.25, 0.3) is 0 Å². The fourth-order valence-corrected chi connectivity index (χ4v) is 2.07. The Balaban J connectivity index is 2.26. The number of amides is 1. The van der Waals surface area contributed by atoms with Gasteiger partial charge in [-0.25, -0.2) is 4.39 Å². The molecule has 2 rings (SSSR count). The smallest absolute Gasteiger partial charge is 0.268 e. The zero-order valence-electron chi connectivity index (χ0n) is 8.68. The molecule has 2 nitrogen and oxygen atoms in total. The maximum absolute atomic E-state index is 13.0. The monoisotopic (exact) mass is 235 g/mol. The fraction of sp³-hybridized carbons (Fsp3) is 0.0833. The van der Waals surface area contributed by atoms with Crippen LogP contribution in [0.4, 0.5) is 10.1 Å².